The van der Waals surface area contributed by atoms with Crippen LogP contribution in [0.1, 0.15) is 12.8 Å². The van der Waals surface area contributed by atoms with Crippen molar-refractivity contribution in [1.29, 1.82) is 0 Å². The Hall–Kier alpha value is -1.92. The maximum atomic E-state index is 12.3. The van der Waals surface area contributed by atoms with Crippen LogP contribution in [0.5, 0.6) is 0 Å². The average Bonchev–Trinajstić information content (AvgIpc) is 2.43. The van der Waals surface area contributed by atoms with Crippen molar-refractivity contribution in [3.05, 3.63) is 42.5 Å². The molecule has 0 saturated heterocycles. The summed E-state index contributed by atoms with van der Waals surface area (Å²) in [5, 5.41) is 1.55. The normalized spacial score (nSPS) is 11.6. The Kier molecular flexibility index (Phi) is 4.36. The highest BCUT2D eigenvalue weighted by Crippen LogP contribution is 2.22. The fourth-order valence-corrected chi connectivity index (χ4v) is 3.28. The molecule has 5 nitrogen and oxygen atoms in total. The zero-order chi connectivity index (χ0) is 14.6. The van der Waals surface area contributed by atoms with Gasteiger partial charge in [0.15, 0.2) is 0 Å². The number of carbonyl (C=O) groups is 1. The molecular formula is C14H16N2O3S. The van der Waals surface area contributed by atoms with Crippen LogP contribution in [0.3, 0.4) is 0 Å². The molecule has 20 heavy (non-hydrogen) atoms. The van der Waals surface area contributed by atoms with Gasteiger partial charge in [0.2, 0.25) is 15.9 Å². The molecule has 6 heteroatoms. The van der Waals surface area contributed by atoms with E-state index in [1.54, 1.807) is 24.3 Å². The van der Waals surface area contributed by atoms with Crippen molar-refractivity contribution in [2.24, 2.45) is 5.73 Å². The standard InChI is InChI=1S/C14H16N2O3S/c15-14(17)9-4-10-16-20(18,19)13-8-3-6-11-5-1-2-7-12(11)13/h1-3,5-8,16H,4,9-10H2,(H2,15,17). The fourth-order valence-electron chi connectivity index (χ4n) is 1.98. The van der Waals surface area contributed by atoms with Crippen LogP contribution in [0, 0.1) is 0 Å². The van der Waals surface area contributed by atoms with Crippen LogP contribution in [0.2, 0.25) is 0 Å². The summed E-state index contributed by atoms with van der Waals surface area (Å²) in [4.78, 5) is 10.9. The molecule has 0 saturated carbocycles. The molecule has 1 amide bonds. The van der Waals surface area contributed by atoms with Crippen molar-refractivity contribution >= 4 is 26.7 Å². The van der Waals surface area contributed by atoms with Crippen molar-refractivity contribution in [3.63, 3.8) is 0 Å². The number of hydrogen-bond acceptors (Lipinski definition) is 3. The second-order valence-corrected chi connectivity index (χ2v) is 6.18. The van der Waals surface area contributed by atoms with Gasteiger partial charge in [-0.15, -0.1) is 0 Å². The Morgan fingerprint density at radius 1 is 1.10 bits per heavy atom. The molecule has 2 aromatic carbocycles. The number of carbonyl (C=O) groups excluding carboxylic acids is 1. The van der Waals surface area contributed by atoms with Gasteiger partial charge in [-0.25, -0.2) is 13.1 Å². The minimum Gasteiger partial charge on any atom is -0.370 e. The summed E-state index contributed by atoms with van der Waals surface area (Å²) >= 11 is 0. The number of hydrogen-bond donors (Lipinski definition) is 2. The summed E-state index contributed by atoms with van der Waals surface area (Å²) in [6.45, 7) is 0.189. The Balaban J connectivity index is 2.21. The summed E-state index contributed by atoms with van der Waals surface area (Å²) in [6, 6.07) is 12.4. The van der Waals surface area contributed by atoms with E-state index in [2.05, 4.69) is 4.72 Å². The van der Waals surface area contributed by atoms with E-state index in [-0.39, 0.29) is 17.9 Å². The third-order valence-corrected chi connectivity index (χ3v) is 4.45. The first-order valence-electron chi connectivity index (χ1n) is 6.26. The van der Waals surface area contributed by atoms with Crippen molar-refractivity contribution in [2.45, 2.75) is 17.7 Å². The lowest BCUT2D eigenvalue weighted by molar-refractivity contribution is -0.118. The van der Waals surface area contributed by atoms with E-state index in [0.717, 1.165) is 5.39 Å². The van der Waals surface area contributed by atoms with Crippen LogP contribution >= 0.6 is 0 Å². The highest BCUT2D eigenvalue weighted by atomic mass is 32.2. The predicted octanol–water partition coefficient (Wildman–Crippen LogP) is 1.38. The number of nitrogens with one attached hydrogen (secondary N) is 1. The Morgan fingerprint density at radius 3 is 2.55 bits per heavy atom. The van der Waals surface area contributed by atoms with E-state index in [0.29, 0.717) is 11.8 Å². The smallest absolute Gasteiger partial charge is 0.241 e. The maximum Gasteiger partial charge on any atom is 0.241 e. The number of amides is 1. The molecule has 0 spiro atoms. The molecule has 0 fully saturated rings. The van der Waals surface area contributed by atoms with E-state index in [9.17, 15) is 13.2 Å². The molecule has 0 unspecified atom stereocenters. The van der Waals surface area contributed by atoms with Crippen LogP contribution in [0.4, 0.5) is 0 Å². The molecule has 0 aliphatic heterocycles. The van der Waals surface area contributed by atoms with Gasteiger partial charge >= 0.3 is 0 Å². The highest BCUT2D eigenvalue weighted by Gasteiger charge is 2.16. The minimum atomic E-state index is -3.59. The van der Waals surface area contributed by atoms with Gasteiger partial charge in [-0.3, -0.25) is 4.79 Å². The minimum absolute atomic E-state index is 0.165. The van der Waals surface area contributed by atoms with Crippen molar-refractivity contribution in [1.82, 2.24) is 4.72 Å². The summed E-state index contributed by atoms with van der Waals surface area (Å²) in [5.74, 6) is -0.436. The van der Waals surface area contributed by atoms with Gasteiger partial charge in [0.1, 0.15) is 0 Å². The Morgan fingerprint density at radius 2 is 1.80 bits per heavy atom. The zero-order valence-corrected chi connectivity index (χ0v) is 11.7. The number of primary amides is 1. The molecule has 0 aliphatic carbocycles. The van der Waals surface area contributed by atoms with Crippen LogP contribution in [0.25, 0.3) is 10.8 Å². The number of nitrogens with two attached hydrogens (primary N) is 1. The fraction of sp³-hybridized carbons (Fsp3) is 0.214. The molecular weight excluding hydrogens is 276 g/mol. The first-order chi connectivity index (χ1) is 9.50. The summed E-state index contributed by atoms with van der Waals surface area (Å²) < 4.78 is 27.0. The first kappa shape index (κ1) is 14.5. The number of fused-ring (bicyclic) bond motifs is 1. The van der Waals surface area contributed by atoms with Gasteiger partial charge in [0.25, 0.3) is 0 Å². The van der Waals surface area contributed by atoms with Crippen LogP contribution in [0.15, 0.2) is 47.4 Å². The topological polar surface area (TPSA) is 89.3 Å². The van der Waals surface area contributed by atoms with E-state index >= 15 is 0 Å². The van der Waals surface area contributed by atoms with Crippen molar-refractivity contribution < 1.29 is 13.2 Å². The predicted molar refractivity (Wildman–Crippen MR) is 77.6 cm³/mol. The van der Waals surface area contributed by atoms with Gasteiger partial charge in [0, 0.05) is 18.4 Å². The summed E-state index contributed by atoms with van der Waals surface area (Å²) in [7, 11) is -3.59. The van der Waals surface area contributed by atoms with E-state index < -0.39 is 15.9 Å². The molecule has 0 aromatic heterocycles. The lowest BCUT2D eigenvalue weighted by Gasteiger charge is -2.09. The molecule has 0 bridgehead atoms. The molecule has 0 radical (unpaired) electrons. The van der Waals surface area contributed by atoms with Crippen molar-refractivity contribution in [3.8, 4) is 0 Å². The highest BCUT2D eigenvalue weighted by molar-refractivity contribution is 7.89. The second kappa shape index (κ2) is 6.02. The SMILES string of the molecule is NC(=O)CCCNS(=O)(=O)c1cccc2ccccc12. The van der Waals surface area contributed by atoms with E-state index in [1.807, 2.05) is 18.2 Å². The maximum absolute atomic E-state index is 12.3. The first-order valence-corrected chi connectivity index (χ1v) is 7.75. The van der Waals surface area contributed by atoms with Crippen LogP contribution in [-0.4, -0.2) is 20.9 Å². The largest absolute Gasteiger partial charge is 0.370 e. The van der Waals surface area contributed by atoms with Crippen molar-refractivity contribution in [2.75, 3.05) is 6.54 Å². The average molecular weight is 292 g/mol. The number of rotatable bonds is 6. The van der Waals surface area contributed by atoms with Crippen LogP contribution in [-0.2, 0) is 14.8 Å². The van der Waals surface area contributed by atoms with E-state index in [1.165, 1.54) is 0 Å². The van der Waals surface area contributed by atoms with Gasteiger partial charge in [-0.2, -0.15) is 0 Å². The second-order valence-electron chi connectivity index (χ2n) is 4.44. The summed E-state index contributed by atoms with van der Waals surface area (Å²) in [5.41, 5.74) is 5.01. The van der Waals surface area contributed by atoms with Gasteiger partial charge in [-0.05, 0) is 17.9 Å². The number of benzene rings is 2. The van der Waals surface area contributed by atoms with Gasteiger partial charge in [0.05, 0.1) is 4.90 Å². The lowest BCUT2D eigenvalue weighted by Crippen LogP contribution is -2.26. The molecule has 2 aromatic rings. The zero-order valence-electron chi connectivity index (χ0n) is 10.9. The monoisotopic (exact) mass is 292 g/mol. The molecule has 0 atom stereocenters. The quantitative estimate of drug-likeness (QED) is 0.788. The van der Waals surface area contributed by atoms with Crippen LogP contribution < -0.4 is 10.5 Å². The molecule has 0 aliphatic rings. The summed E-state index contributed by atoms with van der Waals surface area (Å²) in [6.07, 6.45) is 0.553. The lowest BCUT2D eigenvalue weighted by atomic mass is 10.1. The molecule has 2 rings (SSSR count). The van der Waals surface area contributed by atoms with Gasteiger partial charge < -0.3 is 5.73 Å². The Labute approximate surface area is 117 Å². The Bertz CT molecular complexity index is 721. The van der Waals surface area contributed by atoms with Gasteiger partial charge in [-0.1, -0.05) is 36.4 Å². The molecule has 0 heterocycles. The third kappa shape index (κ3) is 3.34. The number of sulfonamides is 1. The van der Waals surface area contributed by atoms with E-state index in [4.69, 9.17) is 5.73 Å². The molecule has 106 valence electrons. The third-order valence-electron chi connectivity index (χ3n) is 2.93. The molecule has 3 N–H and O–H groups in total.